The second-order valence-corrected chi connectivity index (χ2v) is 5.79. The third-order valence-corrected chi connectivity index (χ3v) is 3.96. The quantitative estimate of drug-likeness (QED) is 0.697. The summed E-state index contributed by atoms with van der Waals surface area (Å²) in [7, 11) is 0. The van der Waals surface area contributed by atoms with Crippen LogP contribution in [0.3, 0.4) is 0 Å². The van der Waals surface area contributed by atoms with E-state index >= 15 is 0 Å². The number of rotatable bonds is 6. The topological polar surface area (TPSA) is 68.3 Å². The number of nitrogens with zero attached hydrogens (tertiary/aromatic N) is 1. The molecule has 1 heterocycles. The van der Waals surface area contributed by atoms with Gasteiger partial charge in [-0.3, -0.25) is 14.9 Å². The van der Waals surface area contributed by atoms with E-state index in [1.807, 2.05) is 35.7 Å². The molecule has 0 atom stereocenters. The van der Waals surface area contributed by atoms with Crippen molar-refractivity contribution in [3.8, 4) is 17.0 Å². The molecule has 1 aromatic heterocycles. The van der Waals surface area contributed by atoms with Gasteiger partial charge in [-0.15, -0.1) is 11.3 Å². The van der Waals surface area contributed by atoms with E-state index in [9.17, 15) is 9.59 Å². The molecule has 3 aromatic rings. The Hall–Kier alpha value is -2.99. The summed E-state index contributed by atoms with van der Waals surface area (Å²) in [5, 5.41) is 5.13. The van der Waals surface area contributed by atoms with E-state index in [4.69, 9.17) is 4.74 Å². The summed E-state index contributed by atoms with van der Waals surface area (Å²) in [6, 6.07) is 16.3. The van der Waals surface area contributed by atoms with Gasteiger partial charge in [0.05, 0.1) is 5.69 Å². The largest absolute Gasteiger partial charge is 0.484 e. The zero-order chi connectivity index (χ0) is 16.8. The highest BCUT2D eigenvalue weighted by Gasteiger charge is 2.08. The summed E-state index contributed by atoms with van der Waals surface area (Å²) in [5.74, 6) is 0.239. The third kappa shape index (κ3) is 4.05. The fourth-order valence-corrected chi connectivity index (χ4v) is 2.76. The van der Waals surface area contributed by atoms with Crippen LogP contribution in [0, 0.1) is 0 Å². The monoisotopic (exact) mass is 338 g/mol. The molecule has 24 heavy (non-hydrogen) atoms. The molecule has 0 saturated heterocycles. The molecule has 0 unspecified atom stereocenters. The molecule has 0 fully saturated rings. The number of ether oxygens (including phenoxy) is 1. The van der Waals surface area contributed by atoms with Crippen molar-refractivity contribution in [3.63, 3.8) is 0 Å². The number of carbonyl (C=O) groups excluding carboxylic acids is 2. The zero-order valence-electron chi connectivity index (χ0n) is 12.6. The third-order valence-electron chi connectivity index (χ3n) is 3.21. The molecule has 6 heteroatoms. The molecule has 0 bridgehead atoms. The average Bonchev–Trinajstić information content (AvgIpc) is 3.09. The van der Waals surface area contributed by atoms with Crippen LogP contribution in [0.2, 0.25) is 0 Å². The molecule has 1 amide bonds. The molecule has 0 spiro atoms. The second kappa shape index (κ2) is 7.52. The van der Waals surface area contributed by atoms with E-state index < -0.39 is 0 Å². The van der Waals surface area contributed by atoms with Crippen LogP contribution in [-0.2, 0) is 4.79 Å². The summed E-state index contributed by atoms with van der Waals surface area (Å²) in [6.45, 7) is -0.124. The van der Waals surface area contributed by atoms with Crippen molar-refractivity contribution in [2.45, 2.75) is 0 Å². The van der Waals surface area contributed by atoms with Gasteiger partial charge >= 0.3 is 0 Å². The van der Waals surface area contributed by atoms with Crippen molar-refractivity contribution in [3.05, 3.63) is 65.5 Å². The molecule has 5 nitrogen and oxygen atoms in total. The van der Waals surface area contributed by atoms with Crippen LogP contribution < -0.4 is 10.1 Å². The predicted octanol–water partition coefficient (Wildman–Crippen LogP) is 3.64. The van der Waals surface area contributed by atoms with Gasteiger partial charge in [0.2, 0.25) is 0 Å². The molecular formula is C18H14N2O3S. The first-order chi connectivity index (χ1) is 11.7. The summed E-state index contributed by atoms with van der Waals surface area (Å²) < 4.78 is 5.38. The first kappa shape index (κ1) is 15.9. The van der Waals surface area contributed by atoms with Crippen molar-refractivity contribution < 1.29 is 14.3 Å². The lowest BCUT2D eigenvalue weighted by Crippen LogP contribution is -2.20. The molecule has 0 aliphatic carbocycles. The normalized spacial score (nSPS) is 10.2. The summed E-state index contributed by atoms with van der Waals surface area (Å²) in [5.41, 5.74) is 2.38. The Morgan fingerprint density at radius 3 is 2.58 bits per heavy atom. The Balaban J connectivity index is 1.55. The molecule has 120 valence electrons. The van der Waals surface area contributed by atoms with Gasteiger partial charge in [0.1, 0.15) is 12.0 Å². The minimum atomic E-state index is -0.288. The minimum absolute atomic E-state index is 0.124. The van der Waals surface area contributed by atoms with Crippen LogP contribution in [0.1, 0.15) is 10.4 Å². The van der Waals surface area contributed by atoms with Crippen molar-refractivity contribution in [1.29, 1.82) is 0 Å². The maximum atomic E-state index is 11.9. The number of thiazole rings is 1. The lowest BCUT2D eigenvalue weighted by molar-refractivity contribution is -0.118. The number of nitrogens with one attached hydrogen (secondary N) is 1. The molecule has 3 rings (SSSR count). The lowest BCUT2D eigenvalue weighted by Gasteiger charge is -2.05. The summed E-state index contributed by atoms with van der Waals surface area (Å²) in [6.07, 6.45) is 0.753. The fraction of sp³-hybridized carbons (Fsp3) is 0.0556. The highest BCUT2D eigenvalue weighted by molar-refractivity contribution is 7.14. The first-order valence-corrected chi connectivity index (χ1v) is 8.11. The zero-order valence-corrected chi connectivity index (χ0v) is 13.5. The molecule has 0 saturated carbocycles. The van der Waals surface area contributed by atoms with E-state index in [0.29, 0.717) is 16.4 Å². The standard InChI is InChI=1S/C18H14N2O3S/c21-10-13-6-8-15(9-7-13)23-11-17(22)20-18-19-16(12-24-18)14-4-2-1-3-5-14/h1-10,12H,11H2,(H,19,20,22). The number of carbonyl (C=O) groups is 2. The van der Waals surface area contributed by atoms with E-state index in [1.54, 1.807) is 24.3 Å². The molecule has 0 aliphatic rings. The van der Waals surface area contributed by atoms with Crippen molar-refractivity contribution in [2.75, 3.05) is 11.9 Å². The smallest absolute Gasteiger partial charge is 0.264 e. The predicted molar refractivity (Wildman–Crippen MR) is 93.5 cm³/mol. The highest BCUT2D eigenvalue weighted by atomic mass is 32.1. The Morgan fingerprint density at radius 2 is 1.88 bits per heavy atom. The first-order valence-electron chi connectivity index (χ1n) is 7.23. The minimum Gasteiger partial charge on any atom is -0.484 e. The van der Waals surface area contributed by atoms with Crippen LogP contribution in [0.5, 0.6) is 5.75 Å². The second-order valence-electron chi connectivity index (χ2n) is 4.93. The van der Waals surface area contributed by atoms with E-state index in [0.717, 1.165) is 17.5 Å². The maximum absolute atomic E-state index is 11.9. The van der Waals surface area contributed by atoms with Gasteiger partial charge in [0, 0.05) is 16.5 Å². The number of anilines is 1. The van der Waals surface area contributed by atoms with Gasteiger partial charge in [-0.25, -0.2) is 4.98 Å². The van der Waals surface area contributed by atoms with Crippen LogP contribution in [0.15, 0.2) is 60.0 Å². The van der Waals surface area contributed by atoms with Gasteiger partial charge in [-0.05, 0) is 24.3 Å². The Bertz CT molecular complexity index is 829. The molecule has 1 N–H and O–H groups in total. The Morgan fingerprint density at radius 1 is 1.12 bits per heavy atom. The summed E-state index contributed by atoms with van der Waals surface area (Å²) in [4.78, 5) is 26.9. The number of hydrogen-bond acceptors (Lipinski definition) is 5. The van der Waals surface area contributed by atoms with Crippen LogP contribution in [0.4, 0.5) is 5.13 Å². The molecule has 0 radical (unpaired) electrons. The number of aldehydes is 1. The Labute approximate surface area is 142 Å². The number of hydrogen-bond donors (Lipinski definition) is 1. The maximum Gasteiger partial charge on any atom is 0.264 e. The van der Waals surface area contributed by atoms with Gasteiger partial charge in [-0.2, -0.15) is 0 Å². The van der Waals surface area contributed by atoms with Crippen LogP contribution in [0.25, 0.3) is 11.3 Å². The summed E-state index contributed by atoms with van der Waals surface area (Å²) >= 11 is 1.36. The van der Waals surface area contributed by atoms with Crippen LogP contribution in [-0.4, -0.2) is 23.8 Å². The molecule has 2 aromatic carbocycles. The van der Waals surface area contributed by atoms with E-state index in [-0.39, 0.29) is 12.5 Å². The van der Waals surface area contributed by atoms with Gasteiger partial charge in [-0.1, -0.05) is 30.3 Å². The highest BCUT2D eigenvalue weighted by Crippen LogP contribution is 2.24. The number of aromatic nitrogens is 1. The van der Waals surface area contributed by atoms with E-state index in [1.165, 1.54) is 11.3 Å². The number of benzene rings is 2. The van der Waals surface area contributed by atoms with Crippen molar-refractivity contribution in [1.82, 2.24) is 4.98 Å². The van der Waals surface area contributed by atoms with Crippen molar-refractivity contribution in [2.24, 2.45) is 0 Å². The SMILES string of the molecule is O=Cc1ccc(OCC(=O)Nc2nc(-c3ccccc3)cs2)cc1. The van der Waals surface area contributed by atoms with Crippen LogP contribution >= 0.6 is 11.3 Å². The fourth-order valence-electron chi connectivity index (χ4n) is 2.02. The van der Waals surface area contributed by atoms with Gasteiger partial charge in [0.15, 0.2) is 11.7 Å². The van der Waals surface area contributed by atoms with Gasteiger partial charge in [0.25, 0.3) is 5.91 Å². The van der Waals surface area contributed by atoms with Gasteiger partial charge < -0.3 is 4.74 Å². The molecule has 0 aliphatic heterocycles. The average molecular weight is 338 g/mol. The van der Waals surface area contributed by atoms with E-state index in [2.05, 4.69) is 10.3 Å². The molecular weight excluding hydrogens is 324 g/mol. The van der Waals surface area contributed by atoms with Crippen molar-refractivity contribution >= 4 is 28.7 Å². The number of amides is 1. The lowest BCUT2D eigenvalue weighted by atomic mass is 10.2. The Kier molecular flexibility index (Phi) is 4.98.